The van der Waals surface area contributed by atoms with Gasteiger partial charge in [0, 0.05) is 11.8 Å². The van der Waals surface area contributed by atoms with Crippen LogP contribution in [0.15, 0.2) is 24.4 Å². The number of fused-ring (bicyclic) bond motifs is 4. The predicted octanol–water partition coefficient (Wildman–Crippen LogP) is 1.57. The van der Waals surface area contributed by atoms with E-state index in [1.165, 1.54) is 11.1 Å². The van der Waals surface area contributed by atoms with Gasteiger partial charge in [0.15, 0.2) is 0 Å². The third-order valence-corrected chi connectivity index (χ3v) is 2.85. The van der Waals surface area contributed by atoms with Crippen LogP contribution in [-0.4, -0.2) is 9.97 Å². The molecule has 0 fully saturated rings. The van der Waals surface area contributed by atoms with Crippen molar-refractivity contribution in [2.45, 2.75) is 12.8 Å². The molecule has 2 N–H and O–H groups in total. The molecule has 2 aliphatic rings. The first-order valence-corrected chi connectivity index (χ1v) is 4.82. The highest BCUT2D eigenvalue weighted by Crippen LogP contribution is 2.35. The summed E-state index contributed by atoms with van der Waals surface area (Å²) in [6.45, 7) is 0. The van der Waals surface area contributed by atoms with Crippen molar-refractivity contribution in [3.8, 4) is 0 Å². The number of rotatable bonds is 0. The Morgan fingerprint density at radius 1 is 1.36 bits per heavy atom. The maximum absolute atomic E-state index is 5.57. The van der Waals surface area contributed by atoms with Gasteiger partial charge in [0.2, 0.25) is 5.95 Å². The highest BCUT2D eigenvalue weighted by Gasteiger charge is 2.23. The Kier molecular flexibility index (Phi) is 1.48. The molecule has 1 aromatic heterocycles. The number of allylic oxidation sites excluding steroid dienone is 4. The lowest BCUT2D eigenvalue weighted by molar-refractivity contribution is 0.627. The van der Waals surface area contributed by atoms with Crippen LogP contribution in [-0.2, 0) is 6.42 Å². The molecule has 0 aromatic carbocycles. The van der Waals surface area contributed by atoms with Gasteiger partial charge in [-0.1, -0.05) is 18.2 Å². The minimum atomic E-state index is 0.383. The fraction of sp³-hybridized carbons (Fsp3) is 0.273. The smallest absolute Gasteiger partial charge is 0.220 e. The molecule has 0 aliphatic heterocycles. The summed E-state index contributed by atoms with van der Waals surface area (Å²) in [7, 11) is 0. The maximum atomic E-state index is 5.57. The van der Waals surface area contributed by atoms with Crippen molar-refractivity contribution in [1.29, 1.82) is 0 Å². The van der Waals surface area contributed by atoms with Crippen LogP contribution in [0, 0.1) is 5.92 Å². The minimum absolute atomic E-state index is 0.383. The number of nitrogen functional groups attached to an aromatic ring is 1. The average Bonchev–Trinajstić information content (AvgIpc) is 2.17. The summed E-state index contributed by atoms with van der Waals surface area (Å²) in [5.74, 6) is 0.991. The maximum Gasteiger partial charge on any atom is 0.220 e. The number of hydrogen-bond acceptors (Lipinski definition) is 3. The van der Waals surface area contributed by atoms with E-state index in [0.29, 0.717) is 11.9 Å². The van der Waals surface area contributed by atoms with Gasteiger partial charge in [-0.2, -0.15) is 0 Å². The molecule has 0 amide bonds. The summed E-state index contributed by atoms with van der Waals surface area (Å²) in [5.41, 5.74) is 9.20. The second-order valence-corrected chi connectivity index (χ2v) is 3.83. The van der Waals surface area contributed by atoms with Gasteiger partial charge in [-0.25, -0.2) is 9.97 Å². The van der Waals surface area contributed by atoms with Crippen molar-refractivity contribution in [2.75, 3.05) is 5.73 Å². The molecule has 0 saturated heterocycles. The summed E-state index contributed by atoms with van der Waals surface area (Å²) >= 11 is 0. The Balaban J connectivity index is 2.19. The molecule has 1 atom stereocenters. The van der Waals surface area contributed by atoms with E-state index in [-0.39, 0.29) is 0 Å². The molecule has 3 rings (SSSR count). The molecular formula is C11H11N3. The summed E-state index contributed by atoms with van der Waals surface area (Å²) in [6.07, 6.45) is 10.5. The Morgan fingerprint density at radius 2 is 2.29 bits per heavy atom. The van der Waals surface area contributed by atoms with Crippen LogP contribution in [0.25, 0.3) is 5.57 Å². The van der Waals surface area contributed by atoms with Gasteiger partial charge in [-0.15, -0.1) is 0 Å². The summed E-state index contributed by atoms with van der Waals surface area (Å²) in [5, 5.41) is 0. The van der Waals surface area contributed by atoms with Crippen molar-refractivity contribution in [3.63, 3.8) is 0 Å². The Bertz CT molecular complexity index is 446. The van der Waals surface area contributed by atoms with Crippen LogP contribution in [0.3, 0.4) is 0 Å². The molecule has 0 radical (unpaired) electrons. The molecule has 1 unspecified atom stereocenters. The number of hydrogen-bond donors (Lipinski definition) is 1. The van der Waals surface area contributed by atoms with Gasteiger partial charge in [0.1, 0.15) is 0 Å². The third-order valence-electron chi connectivity index (χ3n) is 2.85. The predicted molar refractivity (Wildman–Crippen MR) is 55.4 cm³/mol. The summed E-state index contributed by atoms with van der Waals surface area (Å²) in [4.78, 5) is 8.33. The lowest BCUT2D eigenvalue weighted by atomic mass is 9.81. The van der Waals surface area contributed by atoms with Crippen molar-refractivity contribution >= 4 is 11.5 Å². The van der Waals surface area contributed by atoms with Crippen molar-refractivity contribution in [1.82, 2.24) is 9.97 Å². The molecule has 70 valence electrons. The fourth-order valence-corrected chi connectivity index (χ4v) is 2.19. The van der Waals surface area contributed by atoms with E-state index in [2.05, 4.69) is 28.2 Å². The van der Waals surface area contributed by atoms with E-state index in [4.69, 9.17) is 5.73 Å². The Morgan fingerprint density at radius 3 is 3.21 bits per heavy atom. The Hall–Kier alpha value is -1.64. The average molecular weight is 185 g/mol. The molecule has 0 spiro atoms. The van der Waals surface area contributed by atoms with E-state index in [1.807, 2.05) is 6.20 Å². The van der Waals surface area contributed by atoms with E-state index >= 15 is 0 Å². The van der Waals surface area contributed by atoms with Gasteiger partial charge in [-0.3, -0.25) is 0 Å². The van der Waals surface area contributed by atoms with E-state index < -0.39 is 0 Å². The zero-order valence-electron chi connectivity index (χ0n) is 7.77. The van der Waals surface area contributed by atoms with E-state index in [1.54, 1.807) is 0 Å². The normalized spacial score (nSPS) is 22.9. The van der Waals surface area contributed by atoms with Crippen LogP contribution >= 0.6 is 0 Å². The van der Waals surface area contributed by atoms with Crippen molar-refractivity contribution < 1.29 is 0 Å². The molecule has 3 heteroatoms. The topological polar surface area (TPSA) is 51.8 Å². The first-order valence-electron chi connectivity index (χ1n) is 4.82. The van der Waals surface area contributed by atoms with E-state index in [9.17, 15) is 0 Å². The lowest BCUT2D eigenvalue weighted by Crippen LogP contribution is -2.16. The van der Waals surface area contributed by atoms with Crippen LogP contribution in [0.2, 0.25) is 0 Å². The van der Waals surface area contributed by atoms with Gasteiger partial charge in [-0.05, 0) is 24.3 Å². The number of nitrogens with two attached hydrogens (primary N) is 1. The molecule has 2 bridgehead atoms. The number of aromatic nitrogens is 2. The van der Waals surface area contributed by atoms with Crippen molar-refractivity contribution in [3.05, 3.63) is 35.7 Å². The fourth-order valence-electron chi connectivity index (χ4n) is 2.19. The SMILES string of the molecule is Nc1ncc2c(n1)CC1C=CC=C2C1. The second kappa shape index (κ2) is 2.67. The van der Waals surface area contributed by atoms with Gasteiger partial charge in [0.05, 0.1) is 5.69 Å². The number of anilines is 1. The minimum Gasteiger partial charge on any atom is -0.368 e. The zero-order valence-corrected chi connectivity index (χ0v) is 7.77. The molecule has 1 heterocycles. The largest absolute Gasteiger partial charge is 0.368 e. The Labute approximate surface area is 82.4 Å². The molecule has 3 nitrogen and oxygen atoms in total. The summed E-state index contributed by atoms with van der Waals surface area (Å²) < 4.78 is 0. The number of nitrogens with zero attached hydrogens (tertiary/aromatic N) is 2. The van der Waals surface area contributed by atoms with Gasteiger partial charge in [0.25, 0.3) is 0 Å². The van der Waals surface area contributed by atoms with Crippen LogP contribution < -0.4 is 5.73 Å². The van der Waals surface area contributed by atoms with Crippen LogP contribution in [0.5, 0.6) is 0 Å². The van der Waals surface area contributed by atoms with E-state index in [0.717, 1.165) is 18.5 Å². The molecule has 0 saturated carbocycles. The first-order chi connectivity index (χ1) is 6.83. The van der Waals surface area contributed by atoms with Gasteiger partial charge >= 0.3 is 0 Å². The molecule has 14 heavy (non-hydrogen) atoms. The van der Waals surface area contributed by atoms with Crippen molar-refractivity contribution in [2.24, 2.45) is 5.92 Å². The summed E-state index contributed by atoms with van der Waals surface area (Å²) in [6, 6.07) is 0. The van der Waals surface area contributed by atoms with Crippen LogP contribution in [0.1, 0.15) is 17.7 Å². The third kappa shape index (κ3) is 1.05. The highest BCUT2D eigenvalue weighted by atomic mass is 15.0. The van der Waals surface area contributed by atoms with Gasteiger partial charge < -0.3 is 5.73 Å². The monoisotopic (exact) mass is 185 g/mol. The quantitative estimate of drug-likeness (QED) is 0.667. The molecular weight excluding hydrogens is 174 g/mol. The van der Waals surface area contributed by atoms with Crippen LogP contribution in [0.4, 0.5) is 5.95 Å². The second-order valence-electron chi connectivity index (χ2n) is 3.83. The molecule has 1 aromatic rings. The highest BCUT2D eigenvalue weighted by molar-refractivity contribution is 5.71. The zero-order chi connectivity index (χ0) is 9.54. The standard InChI is InChI=1S/C11H11N3/c12-11-13-6-9-8-3-1-2-7(4-8)5-10(9)14-11/h1-3,6-7H,4-5H2,(H2,12,13,14). The lowest BCUT2D eigenvalue weighted by Gasteiger charge is -2.25. The first kappa shape index (κ1) is 7.74. The molecule has 2 aliphatic carbocycles.